The molecule has 1 aliphatic rings. The van der Waals surface area contributed by atoms with Gasteiger partial charge in [-0.3, -0.25) is 5.32 Å². The van der Waals surface area contributed by atoms with Crippen LogP contribution in [0.1, 0.15) is 42.6 Å². The molecule has 0 amide bonds. The lowest BCUT2D eigenvalue weighted by molar-refractivity contribution is 0.423. The molecule has 2 aromatic heterocycles. The highest BCUT2D eigenvalue weighted by Gasteiger charge is 2.33. The fraction of sp³-hybridized carbons (Fsp3) is 0.462. The van der Waals surface area contributed by atoms with Crippen LogP contribution >= 0.6 is 11.3 Å². The first-order valence-corrected chi connectivity index (χ1v) is 7.01. The summed E-state index contributed by atoms with van der Waals surface area (Å²) < 4.78 is 0. The Morgan fingerprint density at radius 3 is 3.00 bits per heavy atom. The number of H-pyrrole nitrogens is 1. The number of aromatic amines is 1. The first-order chi connectivity index (χ1) is 8.34. The molecule has 1 saturated carbocycles. The van der Waals surface area contributed by atoms with Crippen molar-refractivity contribution in [2.75, 3.05) is 0 Å². The summed E-state index contributed by atoms with van der Waals surface area (Å²) in [5.74, 6) is 1.83. The van der Waals surface area contributed by atoms with Crippen molar-refractivity contribution in [2.24, 2.45) is 5.92 Å². The van der Waals surface area contributed by atoms with E-state index in [1.165, 1.54) is 17.7 Å². The minimum atomic E-state index is 0.276. The summed E-state index contributed by atoms with van der Waals surface area (Å²) in [4.78, 5) is 8.94. The third-order valence-corrected chi connectivity index (χ3v) is 4.26. The molecule has 0 aromatic carbocycles. The summed E-state index contributed by atoms with van der Waals surface area (Å²) in [6, 6.07) is 5.14. The molecule has 0 radical (unpaired) electrons. The molecule has 90 valence electrons. The SMILES string of the molecule is CC(NC(c1cccs1)C1CC1)c1ncc[nH]1. The van der Waals surface area contributed by atoms with Crippen molar-refractivity contribution >= 4 is 11.3 Å². The van der Waals surface area contributed by atoms with Crippen LogP contribution in [-0.2, 0) is 0 Å². The second kappa shape index (κ2) is 4.63. The summed E-state index contributed by atoms with van der Waals surface area (Å²) in [5, 5.41) is 5.86. The van der Waals surface area contributed by atoms with Crippen LogP contribution < -0.4 is 5.32 Å². The first kappa shape index (κ1) is 11.0. The van der Waals surface area contributed by atoms with Gasteiger partial charge in [-0.05, 0) is 37.1 Å². The average molecular weight is 247 g/mol. The van der Waals surface area contributed by atoms with E-state index in [0.29, 0.717) is 6.04 Å². The van der Waals surface area contributed by atoms with Gasteiger partial charge in [0.2, 0.25) is 0 Å². The topological polar surface area (TPSA) is 40.7 Å². The van der Waals surface area contributed by atoms with E-state index in [9.17, 15) is 0 Å². The van der Waals surface area contributed by atoms with Crippen molar-refractivity contribution < 1.29 is 0 Å². The molecule has 0 saturated heterocycles. The summed E-state index contributed by atoms with van der Waals surface area (Å²) in [7, 11) is 0. The van der Waals surface area contributed by atoms with Crippen LogP contribution in [0.25, 0.3) is 0 Å². The summed E-state index contributed by atoms with van der Waals surface area (Å²) >= 11 is 1.85. The quantitative estimate of drug-likeness (QED) is 0.851. The number of hydrogen-bond acceptors (Lipinski definition) is 3. The van der Waals surface area contributed by atoms with Crippen LogP contribution in [0.5, 0.6) is 0 Å². The Hall–Kier alpha value is -1.13. The number of hydrogen-bond donors (Lipinski definition) is 2. The molecule has 2 aromatic rings. The van der Waals surface area contributed by atoms with Gasteiger partial charge < -0.3 is 4.98 Å². The molecule has 2 unspecified atom stereocenters. The summed E-state index contributed by atoms with van der Waals surface area (Å²) in [6.45, 7) is 2.17. The Kier molecular flexibility index (Phi) is 2.99. The molecule has 4 heteroatoms. The molecule has 1 fully saturated rings. The molecule has 17 heavy (non-hydrogen) atoms. The molecule has 2 atom stereocenters. The van der Waals surface area contributed by atoms with Gasteiger partial charge in [0.25, 0.3) is 0 Å². The van der Waals surface area contributed by atoms with Gasteiger partial charge in [0.15, 0.2) is 0 Å². The number of aromatic nitrogens is 2. The minimum absolute atomic E-state index is 0.276. The lowest BCUT2D eigenvalue weighted by Crippen LogP contribution is -2.26. The number of thiophene rings is 1. The summed E-state index contributed by atoms with van der Waals surface area (Å²) in [6.07, 6.45) is 6.39. The van der Waals surface area contributed by atoms with Crippen LogP contribution in [0.15, 0.2) is 29.9 Å². The lowest BCUT2D eigenvalue weighted by atomic mass is 10.1. The Labute approximate surface area is 105 Å². The fourth-order valence-electron chi connectivity index (χ4n) is 2.21. The van der Waals surface area contributed by atoms with Gasteiger partial charge in [-0.25, -0.2) is 4.98 Å². The van der Waals surface area contributed by atoms with E-state index in [4.69, 9.17) is 0 Å². The Balaban J connectivity index is 1.73. The molecule has 3 rings (SSSR count). The zero-order valence-corrected chi connectivity index (χ0v) is 10.7. The molecule has 1 aliphatic carbocycles. The van der Waals surface area contributed by atoms with Crippen LogP contribution in [-0.4, -0.2) is 9.97 Å². The van der Waals surface area contributed by atoms with Gasteiger partial charge in [-0.15, -0.1) is 11.3 Å². The maximum absolute atomic E-state index is 4.32. The van der Waals surface area contributed by atoms with Crippen molar-refractivity contribution in [3.05, 3.63) is 40.6 Å². The van der Waals surface area contributed by atoms with Gasteiger partial charge in [-0.2, -0.15) is 0 Å². The fourth-order valence-corrected chi connectivity index (χ4v) is 3.09. The van der Waals surface area contributed by atoms with Gasteiger partial charge in [0.1, 0.15) is 5.82 Å². The highest BCUT2D eigenvalue weighted by molar-refractivity contribution is 7.10. The number of rotatable bonds is 5. The number of nitrogens with one attached hydrogen (secondary N) is 2. The zero-order valence-electron chi connectivity index (χ0n) is 9.89. The van der Waals surface area contributed by atoms with Gasteiger partial charge in [0, 0.05) is 23.3 Å². The second-order valence-electron chi connectivity index (χ2n) is 4.69. The molecule has 2 N–H and O–H groups in total. The van der Waals surface area contributed by atoms with E-state index >= 15 is 0 Å². The van der Waals surface area contributed by atoms with E-state index in [-0.39, 0.29) is 6.04 Å². The molecule has 3 nitrogen and oxygen atoms in total. The predicted octanol–water partition coefficient (Wildman–Crippen LogP) is 3.27. The Morgan fingerprint density at radius 1 is 1.53 bits per heavy atom. The molecule has 0 aliphatic heterocycles. The zero-order chi connectivity index (χ0) is 11.7. The normalized spacial score (nSPS) is 19.1. The Morgan fingerprint density at radius 2 is 2.41 bits per heavy atom. The summed E-state index contributed by atoms with van der Waals surface area (Å²) in [5.41, 5.74) is 0. The molecular weight excluding hydrogens is 230 g/mol. The van der Waals surface area contributed by atoms with Crippen LogP contribution in [0.3, 0.4) is 0 Å². The van der Waals surface area contributed by atoms with Gasteiger partial charge in [0.05, 0.1) is 6.04 Å². The third kappa shape index (κ3) is 2.42. The van der Waals surface area contributed by atoms with Gasteiger partial charge in [-0.1, -0.05) is 6.07 Å². The maximum atomic E-state index is 4.32. The van der Waals surface area contributed by atoms with Gasteiger partial charge >= 0.3 is 0 Å². The van der Waals surface area contributed by atoms with E-state index in [1.807, 2.05) is 23.7 Å². The second-order valence-corrected chi connectivity index (χ2v) is 5.67. The number of imidazole rings is 1. The molecular formula is C13H17N3S. The molecule has 0 bridgehead atoms. The van der Waals surface area contributed by atoms with Crippen molar-refractivity contribution in [1.82, 2.24) is 15.3 Å². The van der Waals surface area contributed by atoms with E-state index in [1.54, 1.807) is 0 Å². The number of nitrogens with zero attached hydrogens (tertiary/aromatic N) is 1. The maximum Gasteiger partial charge on any atom is 0.122 e. The average Bonchev–Trinajstić information content (AvgIpc) is 2.87. The third-order valence-electron chi connectivity index (χ3n) is 3.30. The van der Waals surface area contributed by atoms with Crippen molar-refractivity contribution in [2.45, 2.75) is 31.8 Å². The van der Waals surface area contributed by atoms with E-state index < -0.39 is 0 Å². The monoisotopic (exact) mass is 247 g/mol. The Bertz CT molecular complexity index is 445. The van der Waals surface area contributed by atoms with Crippen molar-refractivity contribution in [3.8, 4) is 0 Å². The highest BCUT2D eigenvalue weighted by atomic mass is 32.1. The molecule has 0 spiro atoms. The highest BCUT2D eigenvalue weighted by Crippen LogP contribution is 2.43. The predicted molar refractivity (Wildman–Crippen MR) is 69.9 cm³/mol. The first-order valence-electron chi connectivity index (χ1n) is 6.13. The van der Waals surface area contributed by atoms with Crippen molar-refractivity contribution in [1.29, 1.82) is 0 Å². The largest absolute Gasteiger partial charge is 0.347 e. The standard InChI is InChI=1S/C13H17N3S/c1-9(13-14-6-7-15-13)16-12(10-4-5-10)11-3-2-8-17-11/h2-3,6-10,12,16H,4-5H2,1H3,(H,14,15). The van der Waals surface area contributed by atoms with E-state index in [2.05, 4.69) is 39.7 Å². The van der Waals surface area contributed by atoms with Crippen molar-refractivity contribution in [3.63, 3.8) is 0 Å². The molecule has 2 heterocycles. The van der Waals surface area contributed by atoms with E-state index in [0.717, 1.165) is 11.7 Å². The van der Waals surface area contributed by atoms with Crippen LogP contribution in [0.4, 0.5) is 0 Å². The van der Waals surface area contributed by atoms with Crippen LogP contribution in [0.2, 0.25) is 0 Å². The van der Waals surface area contributed by atoms with Crippen LogP contribution in [0, 0.1) is 5.92 Å². The minimum Gasteiger partial charge on any atom is -0.347 e. The lowest BCUT2D eigenvalue weighted by Gasteiger charge is -2.21. The smallest absolute Gasteiger partial charge is 0.122 e.